The highest BCUT2D eigenvalue weighted by Gasteiger charge is 2.58. The summed E-state index contributed by atoms with van der Waals surface area (Å²) in [5.74, 6) is -0.0666. The number of pyridine rings is 1. The van der Waals surface area contributed by atoms with Crippen molar-refractivity contribution in [3.05, 3.63) is 99.3 Å². The van der Waals surface area contributed by atoms with Crippen molar-refractivity contribution in [2.75, 3.05) is 26.2 Å². The zero-order valence-corrected chi connectivity index (χ0v) is 21.2. The van der Waals surface area contributed by atoms with Gasteiger partial charge in [0.15, 0.2) is 17.1 Å². The van der Waals surface area contributed by atoms with Gasteiger partial charge in [0, 0.05) is 60.3 Å². The third kappa shape index (κ3) is 4.02. The first kappa shape index (κ1) is 23.9. The van der Waals surface area contributed by atoms with E-state index < -0.39 is 5.54 Å². The van der Waals surface area contributed by atoms with Crippen LogP contribution in [0.25, 0.3) is 0 Å². The Labute approximate surface area is 211 Å². The highest BCUT2D eigenvalue weighted by atomic mass is 35.5. The Morgan fingerprint density at radius 3 is 2.11 bits per heavy atom. The predicted molar refractivity (Wildman–Crippen MR) is 138 cm³/mol. The van der Waals surface area contributed by atoms with Crippen LogP contribution in [0.1, 0.15) is 63.0 Å². The molecule has 0 saturated carbocycles. The highest BCUT2D eigenvalue weighted by molar-refractivity contribution is 6.33. The average Bonchev–Trinajstić information content (AvgIpc) is 3.08. The van der Waals surface area contributed by atoms with Gasteiger partial charge in [-0.25, -0.2) is 0 Å². The molecular weight excluding hydrogens is 458 g/mol. The number of hydrogen-bond acceptors (Lipinski definition) is 5. The number of aryl methyl sites for hydroxylation is 1. The Morgan fingerprint density at radius 1 is 0.914 bits per heavy atom. The molecule has 2 aliphatic rings. The number of hydrogen-bond donors (Lipinski definition) is 0. The fourth-order valence-electron chi connectivity index (χ4n) is 5.41. The van der Waals surface area contributed by atoms with Gasteiger partial charge in [-0.3, -0.25) is 24.4 Å². The number of benzene rings is 2. The van der Waals surface area contributed by atoms with E-state index in [9.17, 15) is 9.59 Å². The standard InChI is InChI=1S/C29H30ClN3O2/c1-19(2)26-17-22(16-20(3)31-26)29(27(34)23-9-5-6-10-24(23)28(29)35)33-14-12-32(13-15-33)18-21-8-4-7-11-25(21)30/h4-11,16-17,19H,12-15,18H2,1-3H3. The van der Waals surface area contributed by atoms with E-state index in [4.69, 9.17) is 11.6 Å². The van der Waals surface area contributed by atoms with Gasteiger partial charge in [0.25, 0.3) is 0 Å². The normalized spacial score (nSPS) is 18.3. The maximum Gasteiger partial charge on any atom is 0.196 e. The third-order valence-electron chi connectivity index (χ3n) is 7.25. The molecule has 1 aromatic heterocycles. The Hall–Kier alpha value is -2.86. The van der Waals surface area contributed by atoms with E-state index in [0.29, 0.717) is 24.2 Å². The summed E-state index contributed by atoms with van der Waals surface area (Å²) in [4.78, 5) is 37.4. The number of ketones is 2. The molecule has 1 fully saturated rings. The lowest BCUT2D eigenvalue weighted by molar-refractivity contribution is 0.0278. The monoisotopic (exact) mass is 487 g/mol. The summed E-state index contributed by atoms with van der Waals surface area (Å²) >= 11 is 6.39. The maximum absolute atomic E-state index is 14.1. The van der Waals surface area contributed by atoms with Gasteiger partial charge in [-0.15, -0.1) is 0 Å². The Balaban J connectivity index is 1.53. The second-order valence-corrected chi connectivity index (χ2v) is 10.3. The van der Waals surface area contributed by atoms with Crippen molar-refractivity contribution in [1.82, 2.24) is 14.8 Å². The zero-order chi connectivity index (χ0) is 24.7. The number of Topliss-reactive ketones (excluding diaryl/α,β-unsaturated/α-hetero) is 2. The predicted octanol–water partition coefficient (Wildman–Crippen LogP) is 5.26. The maximum atomic E-state index is 14.1. The van der Waals surface area contributed by atoms with Crippen LogP contribution in [0, 0.1) is 6.92 Å². The molecule has 5 rings (SSSR count). The molecule has 1 saturated heterocycles. The van der Waals surface area contributed by atoms with Gasteiger partial charge >= 0.3 is 0 Å². The van der Waals surface area contributed by atoms with Crippen LogP contribution in [0.2, 0.25) is 5.02 Å². The van der Waals surface area contributed by atoms with Crippen LogP contribution in [0.5, 0.6) is 0 Å². The summed E-state index contributed by atoms with van der Waals surface area (Å²) in [5.41, 5.74) is 3.21. The molecule has 1 aliphatic carbocycles. The van der Waals surface area contributed by atoms with E-state index in [0.717, 1.165) is 47.2 Å². The third-order valence-corrected chi connectivity index (χ3v) is 7.62. The molecule has 6 heteroatoms. The van der Waals surface area contributed by atoms with Crippen molar-refractivity contribution in [3.8, 4) is 0 Å². The molecule has 0 spiro atoms. The second kappa shape index (κ2) is 9.30. The van der Waals surface area contributed by atoms with E-state index in [-0.39, 0.29) is 17.5 Å². The average molecular weight is 488 g/mol. The van der Waals surface area contributed by atoms with Crippen molar-refractivity contribution < 1.29 is 9.59 Å². The van der Waals surface area contributed by atoms with Gasteiger partial charge in [0.2, 0.25) is 0 Å². The van der Waals surface area contributed by atoms with Crippen LogP contribution in [0.4, 0.5) is 0 Å². The fraction of sp³-hybridized carbons (Fsp3) is 0.345. The van der Waals surface area contributed by atoms with Crippen LogP contribution < -0.4 is 0 Å². The molecule has 0 N–H and O–H groups in total. The lowest BCUT2D eigenvalue weighted by Crippen LogP contribution is -2.60. The number of carbonyl (C=O) groups is 2. The van der Waals surface area contributed by atoms with Gasteiger partial charge in [0.05, 0.1) is 0 Å². The number of piperazine rings is 1. The van der Waals surface area contributed by atoms with E-state index in [1.807, 2.05) is 55.5 Å². The molecule has 35 heavy (non-hydrogen) atoms. The lowest BCUT2D eigenvalue weighted by atomic mass is 9.81. The van der Waals surface area contributed by atoms with E-state index in [1.165, 1.54) is 0 Å². The molecule has 0 atom stereocenters. The molecular formula is C29H30ClN3O2. The molecule has 0 amide bonds. The number of rotatable bonds is 5. The molecule has 180 valence electrons. The van der Waals surface area contributed by atoms with Gasteiger partial charge < -0.3 is 0 Å². The van der Waals surface area contributed by atoms with Gasteiger partial charge in [-0.1, -0.05) is 67.9 Å². The van der Waals surface area contributed by atoms with Gasteiger partial charge in [-0.2, -0.15) is 0 Å². The molecule has 2 heterocycles. The smallest absolute Gasteiger partial charge is 0.196 e. The first-order valence-corrected chi connectivity index (χ1v) is 12.6. The number of carbonyl (C=O) groups excluding carboxylic acids is 2. The van der Waals surface area contributed by atoms with E-state index in [1.54, 1.807) is 12.1 Å². The molecule has 5 nitrogen and oxygen atoms in total. The van der Waals surface area contributed by atoms with Crippen LogP contribution >= 0.6 is 11.6 Å². The van der Waals surface area contributed by atoms with Crippen molar-refractivity contribution in [1.29, 1.82) is 0 Å². The summed E-state index contributed by atoms with van der Waals surface area (Å²) in [6.45, 7) is 9.53. The first-order valence-electron chi connectivity index (χ1n) is 12.2. The fourth-order valence-corrected chi connectivity index (χ4v) is 5.61. The van der Waals surface area contributed by atoms with E-state index in [2.05, 4.69) is 28.6 Å². The second-order valence-electron chi connectivity index (χ2n) is 9.85. The lowest BCUT2D eigenvalue weighted by Gasteiger charge is -2.44. The summed E-state index contributed by atoms with van der Waals surface area (Å²) in [7, 11) is 0. The van der Waals surface area contributed by atoms with Crippen molar-refractivity contribution >= 4 is 23.2 Å². The topological polar surface area (TPSA) is 53.5 Å². The minimum Gasteiger partial charge on any atom is -0.296 e. The summed E-state index contributed by atoms with van der Waals surface area (Å²) in [6.07, 6.45) is 0. The summed E-state index contributed by atoms with van der Waals surface area (Å²) < 4.78 is 0. The van der Waals surface area contributed by atoms with Crippen LogP contribution in [0.3, 0.4) is 0 Å². The Morgan fingerprint density at radius 2 is 1.51 bits per heavy atom. The Kier molecular flexibility index (Phi) is 6.34. The highest BCUT2D eigenvalue weighted by Crippen LogP contribution is 2.43. The SMILES string of the molecule is Cc1cc(C2(N3CCN(Cc4ccccc4Cl)CC3)C(=O)c3ccccc3C2=O)cc(C(C)C)n1. The number of halogens is 1. The van der Waals surface area contributed by atoms with Crippen LogP contribution in [-0.2, 0) is 12.1 Å². The largest absolute Gasteiger partial charge is 0.296 e. The van der Waals surface area contributed by atoms with Crippen LogP contribution in [0.15, 0.2) is 60.7 Å². The number of aromatic nitrogens is 1. The minimum atomic E-state index is -1.35. The number of fused-ring (bicyclic) bond motifs is 1. The zero-order valence-electron chi connectivity index (χ0n) is 20.4. The van der Waals surface area contributed by atoms with Crippen LogP contribution in [-0.4, -0.2) is 52.5 Å². The molecule has 0 unspecified atom stereocenters. The number of nitrogens with zero attached hydrogens (tertiary/aromatic N) is 3. The molecule has 3 aromatic rings. The van der Waals surface area contributed by atoms with Crippen molar-refractivity contribution in [2.24, 2.45) is 0 Å². The Bertz CT molecular complexity index is 1260. The van der Waals surface area contributed by atoms with Gasteiger partial charge in [0.1, 0.15) is 0 Å². The molecule has 2 aromatic carbocycles. The summed E-state index contributed by atoms with van der Waals surface area (Å²) in [5, 5.41) is 0.761. The van der Waals surface area contributed by atoms with Gasteiger partial charge in [-0.05, 0) is 42.2 Å². The molecule has 0 bridgehead atoms. The van der Waals surface area contributed by atoms with Crippen molar-refractivity contribution in [2.45, 2.75) is 38.8 Å². The molecule has 0 radical (unpaired) electrons. The van der Waals surface area contributed by atoms with Crippen molar-refractivity contribution in [3.63, 3.8) is 0 Å². The minimum absolute atomic E-state index is 0.127. The molecule has 1 aliphatic heterocycles. The van der Waals surface area contributed by atoms with E-state index >= 15 is 0 Å². The first-order chi connectivity index (χ1) is 16.8. The quantitative estimate of drug-likeness (QED) is 0.459. The summed E-state index contributed by atoms with van der Waals surface area (Å²) in [6, 6.07) is 19.0.